The van der Waals surface area contributed by atoms with Crippen LogP contribution in [-0.4, -0.2) is 53.2 Å². The molecule has 4 rings (SSSR count). The van der Waals surface area contributed by atoms with Crippen LogP contribution in [0.15, 0.2) is 72.9 Å². The van der Waals surface area contributed by atoms with Gasteiger partial charge >= 0.3 is 6.03 Å². The monoisotopic (exact) mass is 463 g/mol. The SMILES string of the molecule is O=C(NO)c1ccc(CN(C(=O)N2CCN(c3ccc(P)cc3)CC2)c2ccccn2)cc1. The molecule has 33 heavy (non-hydrogen) atoms. The van der Waals surface area contributed by atoms with Gasteiger partial charge in [-0.05, 0) is 47.3 Å². The number of aromatic nitrogens is 1. The summed E-state index contributed by atoms with van der Waals surface area (Å²) >= 11 is 0. The summed E-state index contributed by atoms with van der Waals surface area (Å²) in [6.07, 6.45) is 1.66. The molecule has 0 spiro atoms. The fraction of sp³-hybridized carbons (Fsp3) is 0.208. The van der Waals surface area contributed by atoms with Crippen molar-refractivity contribution in [2.24, 2.45) is 0 Å². The smallest absolute Gasteiger partial charge is 0.326 e. The predicted octanol–water partition coefficient (Wildman–Crippen LogP) is 2.65. The molecular weight excluding hydrogens is 437 g/mol. The number of rotatable bonds is 5. The highest BCUT2D eigenvalue weighted by atomic mass is 31.0. The van der Waals surface area contributed by atoms with E-state index < -0.39 is 5.91 Å². The largest absolute Gasteiger partial charge is 0.368 e. The highest BCUT2D eigenvalue weighted by Crippen LogP contribution is 2.20. The van der Waals surface area contributed by atoms with E-state index in [0.717, 1.165) is 29.6 Å². The summed E-state index contributed by atoms with van der Waals surface area (Å²) in [6, 6.07) is 20.5. The van der Waals surface area contributed by atoms with E-state index in [0.29, 0.717) is 31.0 Å². The first kappa shape index (κ1) is 22.7. The Hall–Kier alpha value is -3.48. The molecule has 0 aliphatic carbocycles. The molecule has 1 unspecified atom stereocenters. The minimum Gasteiger partial charge on any atom is -0.368 e. The number of urea groups is 1. The molecule has 1 aromatic heterocycles. The van der Waals surface area contributed by atoms with Crippen LogP contribution in [0.2, 0.25) is 0 Å². The minimum absolute atomic E-state index is 0.106. The number of carbonyl (C=O) groups excluding carboxylic acids is 2. The van der Waals surface area contributed by atoms with Crippen molar-refractivity contribution in [2.75, 3.05) is 36.0 Å². The molecule has 1 atom stereocenters. The van der Waals surface area contributed by atoms with E-state index in [1.165, 1.54) is 0 Å². The number of anilines is 2. The van der Waals surface area contributed by atoms with E-state index >= 15 is 0 Å². The van der Waals surface area contributed by atoms with E-state index in [-0.39, 0.29) is 6.03 Å². The molecule has 3 amide bonds. The van der Waals surface area contributed by atoms with Gasteiger partial charge in [-0.3, -0.25) is 14.9 Å². The quantitative estimate of drug-likeness (QED) is 0.345. The number of piperazine rings is 1. The molecule has 2 heterocycles. The summed E-state index contributed by atoms with van der Waals surface area (Å²) in [5.74, 6) is -0.0115. The molecule has 0 bridgehead atoms. The van der Waals surface area contributed by atoms with Crippen molar-refractivity contribution in [1.82, 2.24) is 15.4 Å². The van der Waals surface area contributed by atoms with Crippen molar-refractivity contribution in [1.29, 1.82) is 0 Å². The van der Waals surface area contributed by atoms with Gasteiger partial charge < -0.3 is 9.80 Å². The first-order valence-corrected chi connectivity index (χ1v) is 11.2. The molecule has 1 saturated heterocycles. The second-order valence-electron chi connectivity index (χ2n) is 7.76. The second kappa shape index (κ2) is 10.4. The van der Waals surface area contributed by atoms with Crippen LogP contribution < -0.4 is 20.6 Å². The van der Waals surface area contributed by atoms with Crippen molar-refractivity contribution >= 4 is 38.0 Å². The van der Waals surface area contributed by atoms with Crippen LogP contribution in [0.5, 0.6) is 0 Å². The van der Waals surface area contributed by atoms with E-state index in [9.17, 15) is 9.59 Å². The van der Waals surface area contributed by atoms with Gasteiger partial charge in [0.2, 0.25) is 0 Å². The molecule has 1 aliphatic rings. The molecule has 1 fully saturated rings. The Labute approximate surface area is 195 Å². The zero-order chi connectivity index (χ0) is 23.2. The second-order valence-corrected chi connectivity index (χ2v) is 8.43. The van der Waals surface area contributed by atoms with Crippen molar-refractivity contribution in [3.8, 4) is 0 Å². The van der Waals surface area contributed by atoms with E-state index in [1.54, 1.807) is 40.8 Å². The van der Waals surface area contributed by atoms with Gasteiger partial charge in [0.15, 0.2) is 0 Å². The third-order valence-corrected chi connectivity index (χ3v) is 6.01. The lowest BCUT2D eigenvalue weighted by molar-refractivity contribution is 0.0706. The number of nitrogens with zero attached hydrogens (tertiary/aromatic N) is 4. The Morgan fingerprint density at radius 1 is 0.970 bits per heavy atom. The summed E-state index contributed by atoms with van der Waals surface area (Å²) in [5.41, 5.74) is 3.96. The van der Waals surface area contributed by atoms with Gasteiger partial charge in [0.25, 0.3) is 5.91 Å². The Balaban J connectivity index is 1.47. The van der Waals surface area contributed by atoms with Crippen molar-refractivity contribution < 1.29 is 14.8 Å². The molecule has 2 aromatic carbocycles. The third-order valence-electron chi connectivity index (χ3n) is 5.62. The van der Waals surface area contributed by atoms with Gasteiger partial charge in [0.1, 0.15) is 5.82 Å². The van der Waals surface area contributed by atoms with E-state index in [2.05, 4.69) is 43.4 Å². The average molecular weight is 463 g/mol. The lowest BCUT2D eigenvalue weighted by Gasteiger charge is -2.38. The lowest BCUT2D eigenvalue weighted by atomic mass is 10.1. The summed E-state index contributed by atoms with van der Waals surface area (Å²) in [6.45, 7) is 3.04. The summed E-state index contributed by atoms with van der Waals surface area (Å²) in [4.78, 5) is 35.3. The molecule has 0 radical (unpaired) electrons. The Bertz CT molecular complexity index is 1090. The van der Waals surface area contributed by atoms with Crippen LogP contribution in [0.25, 0.3) is 0 Å². The number of pyridine rings is 1. The number of amides is 3. The van der Waals surface area contributed by atoms with E-state index in [1.807, 2.05) is 23.1 Å². The van der Waals surface area contributed by atoms with Gasteiger partial charge in [-0.1, -0.05) is 30.3 Å². The predicted molar refractivity (Wildman–Crippen MR) is 131 cm³/mol. The van der Waals surface area contributed by atoms with Crippen LogP contribution in [0.4, 0.5) is 16.3 Å². The fourth-order valence-electron chi connectivity index (χ4n) is 3.78. The topological polar surface area (TPSA) is 89.0 Å². The van der Waals surface area contributed by atoms with Gasteiger partial charge in [0.05, 0.1) is 6.54 Å². The van der Waals surface area contributed by atoms with Crippen LogP contribution in [0.3, 0.4) is 0 Å². The Morgan fingerprint density at radius 2 is 1.67 bits per heavy atom. The number of nitrogens with one attached hydrogen (secondary N) is 1. The number of carbonyl (C=O) groups is 2. The molecule has 1 aliphatic heterocycles. The number of benzene rings is 2. The number of hydroxylamine groups is 1. The van der Waals surface area contributed by atoms with Crippen molar-refractivity contribution in [2.45, 2.75) is 6.54 Å². The highest BCUT2D eigenvalue weighted by molar-refractivity contribution is 7.27. The zero-order valence-electron chi connectivity index (χ0n) is 18.1. The van der Waals surface area contributed by atoms with Gasteiger partial charge in [-0.15, -0.1) is 9.24 Å². The van der Waals surface area contributed by atoms with Crippen LogP contribution >= 0.6 is 9.24 Å². The lowest BCUT2D eigenvalue weighted by Crippen LogP contribution is -2.53. The molecular formula is C24H26N5O3P. The molecule has 170 valence electrons. The molecule has 3 aromatic rings. The van der Waals surface area contributed by atoms with Crippen LogP contribution in [0, 0.1) is 0 Å². The van der Waals surface area contributed by atoms with Crippen molar-refractivity contribution in [3.63, 3.8) is 0 Å². The molecule has 9 heteroatoms. The normalized spacial score (nSPS) is 13.5. The molecule has 2 N–H and O–H groups in total. The van der Waals surface area contributed by atoms with E-state index in [4.69, 9.17) is 5.21 Å². The maximum Gasteiger partial charge on any atom is 0.326 e. The van der Waals surface area contributed by atoms with Gasteiger partial charge in [-0.25, -0.2) is 15.3 Å². The highest BCUT2D eigenvalue weighted by Gasteiger charge is 2.27. The summed E-state index contributed by atoms with van der Waals surface area (Å²) < 4.78 is 0. The Kier molecular flexibility index (Phi) is 7.17. The average Bonchev–Trinajstić information content (AvgIpc) is 2.88. The number of hydrogen-bond acceptors (Lipinski definition) is 5. The Morgan fingerprint density at radius 3 is 2.27 bits per heavy atom. The third kappa shape index (κ3) is 5.48. The zero-order valence-corrected chi connectivity index (χ0v) is 19.2. The maximum atomic E-state index is 13.5. The van der Waals surface area contributed by atoms with Gasteiger partial charge in [-0.2, -0.15) is 0 Å². The first-order valence-electron chi connectivity index (χ1n) is 10.7. The number of hydrogen-bond donors (Lipinski definition) is 2. The molecule has 8 nitrogen and oxygen atoms in total. The first-order chi connectivity index (χ1) is 16.0. The van der Waals surface area contributed by atoms with Gasteiger partial charge in [0, 0.05) is 43.6 Å². The summed E-state index contributed by atoms with van der Waals surface area (Å²) in [5, 5.41) is 9.94. The molecule has 0 saturated carbocycles. The maximum absolute atomic E-state index is 13.5. The fourth-order valence-corrected chi connectivity index (χ4v) is 3.97. The van der Waals surface area contributed by atoms with Crippen LogP contribution in [-0.2, 0) is 6.54 Å². The summed E-state index contributed by atoms with van der Waals surface area (Å²) in [7, 11) is 2.69. The standard InChI is InChI=1S/C24H26N5O3P/c30-23(26-32)19-6-4-18(5-7-19)17-29(22-3-1-2-12-25-22)24(31)28-15-13-27(14-16-28)20-8-10-21(33)11-9-20/h1-12,32H,13-17,33H2,(H,26,30). The van der Waals surface area contributed by atoms with Crippen LogP contribution in [0.1, 0.15) is 15.9 Å². The minimum atomic E-state index is -0.579. The van der Waals surface area contributed by atoms with Crippen molar-refractivity contribution in [3.05, 3.63) is 84.1 Å².